The molecule has 6 nitrogen and oxygen atoms in total. The van der Waals surface area contributed by atoms with Gasteiger partial charge in [-0.1, -0.05) is 18.2 Å². The fourth-order valence-electron chi connectivity index (χ4n) is 2.42. The average molecular weight is 348 g/mol. The van der Waals surface area contributed by atoms with E-state index in [-0.39, 0.29) is 12.5 Å². The number of aliphatic hydroxyl groups is 1. The summed E-state index contributed by atoms with van der Waals surface area (Å²) in [5.74, 6) is -0.268. The average Bonchev–Trinajstić information content (AvgIpc) is 3.10. The lowest BCUT2D eigenvalue weighted by Gasteiger charge is -2.03. The lowest BCUT2D eigenvalue weighted by molar-refractivity contribution is -0.116. The minimum absolute atomic E-state index is 0.210. The van der Waals surface area contributed by atoms with Gasteiger partial charge in [-0.05, 0) is 37.3 Å². The molecule has 6 heteroatoms. The summed E-state index contributed by atoms with van der Waals surface area (Å²) < 4.78 is 1.77. The first-order chi connectivity index (χ1) is 12.6. The molecule has 0 fully saturated rings. The van der Waals surface area contributed by atoms with E-state index >= 15 is 0 Å². The number of hydrogen-bond acceptors (Lipinski definition) is 4. The summed E-state index contributed by atoms with van der Waals surface area (Å²) in [5.41, 5.74) is 3.33. The van der Waals surface area contributed by atoms with Gasteiger partial charge in [-0.25, -0.2) is 4.68 Å². The third-order valence-electron chi connectivity index (χ3n) is 3.68. The highest BCUT2D eigenvalue weighted by Crippen LogP contribution is 2.24. The molecular formula is C20H20N4O2. The minimum atomic E-state index is -0.584. The van der Waals surface area contributed by atoms with Crippen molar-refractivity contribution >= 4 is 12.0 Å². The second-order valence-electron chi connectivity index (χ2n) is 5.88. The van der Waals surface area contributed by atoms with Crippen LogP contribution >= 0.6 is 0 Å². The van der Waals surface area contributed by atoms with E-state index in [1.807, 2.05) is 48.7 Å². The summed E-state index contributed by atoms with van der Waals surface area (Å²) in [6.07, 6.45) is 7.88. The highest BCUT2D eigenvalue weighted by molar-refractivity contribution is 5.92. The monoisotopic (exact) mass is 348 g/mol. The molecule has 2 aromatic heterocycles. The zero-order valence-corrected chi connectivity index (χ0v) is 14.4. The van der Waals surface area contributed by atoms with Gasteiger partial charge in [-0.15, -0.1) is 0 Å². The number of rotatable bonds is 6. The van der Waals surface area contributed by atoms with Crippen molar-refractivity contribution in [2.45, 2.75) is 13.0 Å². The Labute approximate surface area is 151 Å². The van der Waals surface area contributed by atoms with Crippen molar-refractivity contribution in [1.82, 2.24) is 20.1 Å². The van der Waals surface area contributed by atoms with Crippen molar-refractivity contribution in [3.8, 4) is 16.9 Å². The van der Waals surface area contributed by atoms with Crippen molar-refractivity contribution in [1.29, 1.82) is 0 Å². The van der Waals surface area contributed by atoms with Crippen molar-refractivity contribution in [3.05, 3.63) is 72.7 Å². The second-order valence-corrected chi connectivity index (χ2v) is 5.88. The number of aromatic nitrogens is 3. The highest BCUT2D eigenvalue weighted by Gasteiger charge is 2.11. The van der Waals surface area contributed by atoms with Crippen LogP contribution in [0.5, 0.6) is 0 Å². The molecule has 1 aromatic carbocycles. The number of carbonyl (C=O) groups excluding carboxylic acids is 1. The van der Waals surface area contributed by atoms with E-state index in [0.29, 0.717) is 0 Å². The maximum atomic E-state index is 11.9. The maximum absolute atomic E-state index is 11.9. The minimum Gasteiger partial charge on any atom is -0.392 e. The molecule has 0 bridgehead atoms. The van der Waals surface area contributed by atoms with Crippen LogP contribution < -0.4 is 5.32 Å². The maximum Gasteiger partial charge on any atom is 0.244 e. The van der Waals surface area contributed by atoms with E-state index in [2.05, 4.69) is 15.4 Å². The molecular weight excluding hydrogens is 328 g/mol. The molecule has 1 unspecified atom stereocenters. The molecule has 132 valence electrons. The normalized spacial score (nSPS) is 12.2. The first-order valence-electron chi connectivity index (χ1n) is 8.33. The zero-order chi connectivity index (χ0) is 18.4. The van der Waals surface area contributed by atoms with Crippen LogP contribution in [0.1, 0.15) is 12.5 Å². The number of pyridine rings is 1. The summed E-state index contributed by atoms with van der Waals surface area (Å²) in [6.45, 7) is 1.83. The Morgan fingerprint density at radius 3 is 2.77 bits per heavy atom. The molecule has 1 atom stereocenters. The Morgan fingerprint density at radius 2 is 2.08 bits per heavy atom. The van der Waals surface area contributed by atoms with Gasteiger partial charge in [-0.3, -0.25) is 9.78 Å². The van der Waals surface area contributed by atoms with Gasteiger partial charge in [0.15, 0.2) is 0 Å². The summed E-state index contributed by atoms with van der Waals surface area (Å²) in [5, 5.41) is 16.5. The van der Waals surface area contributed by atoms with Crippen molar-refractivity contribution in [2.24, 2.45) is 0 Å². The van der Waals surface area contributed by atoms with Gasteiger partial charge in [0.25, 0.3) is 0 Å². The molecule has 2 heterocycles. The molecule has 1 amide bonds. The number of nitrogens with one attached hydrogen (secondary N) is 1. The fraction of sp³-hybridized carbons (Fsp3) is 0.150. The molecule has 26 heavy (non-hydrogen) atoms. The number of para-hydroxylation sites is 1. The number of nitrogens with zero attached hydrogens (tertiary/aromatic N) is 3. The van der Waals surface area contributed by atoms with E-state index in [1.165, 1.54) is 6.08 Å². The molecule has 0 saturated heterocycles. The van der Waals surface area contributed by atoms with E-state index in [1.54, 1.807) is 30.1 Å². The number of carbonyl (C=O) groups is 1. The van der Waals surface area contributed by atoms with Gasteiger partial charge in [0.05, 0.1) is 11.8 Å². The van der Waals surface area contributed by atoms with Crippen LogP contribution in [-0.4, -0.2) is 38.4 Å². The molecule has 0 aliphatic carbocycles. The number of amides is 1. The molecule has 3 rings (SSSR count). The van der Waals surface area contributed by atoms with Gasteiger partial charge in [0.1, 0.15) is 5.69 Å². The SMILES string of the molecule is CC(O)CNC(=O)/C=C/c1cn(-c2ccccc2)nc1-c1cccnc1. The van der Waals surface area contributed by atoms with Crippen LogP contribution in [0.15, 0.2) is 67.1 Å². The number of aliphatic hydroxyl groups excluding tert-OH is 1. The standard InChI is InChI=1S/C20H20N4O2/c1-15(25)12-22-19(26)10-9-17-14-24(18-7-3-2-4-8-18)23-20(17)16-6-5-11-21-13-16/h2-11,13-15,25H,12H2,1H3,(H,22,26)/b10-9+. The molecule has 0 radical (unpaired) electrons. The third kappa shape index (κ3) is 4.43. The molecule has 3 aromatic rings. The van der Waals surface area contributed by atoms with Crippen molar-refractivity contribution in [3.63, 3.8) is 0 Å². The molecule has 0 spiro atoms. The summed E-state index contributed by atoms with van der Waals surface area (Å²) in [6, 6.07) is 13.5. The van der Waals surface area contributed by atoms with Gasteiger partial charge >= 0.3 is 0 Å². The van der Waals surface area contributed by atoms with Crippen LogP contribution in [0.25, 0.3) is 23.0 Å². The Morgan fingerprint density at radius 1 is 1.27 bits per heavy atom. The highest BCUT2D eigenvalue weighted by atomic mass is 16.3. The van der Waals surface area contributed by atoms with Gasteiger partial charge in [0, 0.05) is 42.3 Å². The molecule has 2 N–H and O–H groups in total. The van der Waals surface area contributed by atoms with Crippen molar-refractivity contribution in [2.75, 3.05) is 6.54 Å². The number of hydrogen-bond donors (Lipinski definition) is 2. The summed E-state index contributed by atoms with van der Waals surface area (Å²) in [7, 11) is 0. The van der Waals surface area contributed by atoms with E-state index in [9.17, 15) is 9.90 Å². The molecule has 0 saturated carbocycles. The summed E-state index contributed by atoms with van der Waals surface area (Å²) in [4.78, 5) is 16.0. The number of benzene rings is 1. The smallest absolute Gasteiger partial charge is 0.244 e. The Balaban J connectivity index is 1.92. The van der Waals surface area contributed by atoms with E-state index in [0.717, 1.165) is 22.5 Å². The predicted molar refractivity (Wildman–Crippen MR) is 101 cm³/mol. The van der Waals surface area contributed by atoms with Crippen LogP contribution in [0.3, 0.4) is 0 Å². The quantitative estimate of drug-likeness (QED) is 0.671. The Kier molecular flexibility index (Phi) is 5.56. The topological polar surface area (TPSA) is 80.0 Å². The first-order valence-corrected chi connectivity index (χ1v) is 8.33. The van der Waals surface area contributed by atoms with Crippen LogP contribution in [-0.2, 0) is 4.79 Å². The van der Waals surface area contributed by atoms with Gasteiger partial charge < -0.3 is 10.4 Å². The Bertz CT molecular complexity index is 887. The molecule has 0 aliphatic heterocycles. The molecule has 0 aliphatic rings. The van der Waals surface area contributed by atoms with Crippen LogP contribution in [0, 0.1) is 0 Å². The largest absolute Gasteiger partial charge is 0.392 e. The van der Waals surface area contributed by atoms with E-state index < -0.39 is 6.10 Å². The lowest BCUT2D eigenvalue weighted by atomic mass is 10.1. The van der Waals surface area contributed by atoms with Crippen LogP contribution in [0.4, 0.5) is 0 Å². The fourth-order valence-corrected chi connectivity index (χ4v) is 2.42. The van der Waals surface area contributed by atoms with E-state index in [4.69, 9.17) is 0 Å². The lowest BCUT2D eigenvalue weighted by Crippen LogP contribution is -2.28. The van der Waals surface area contributed by atoms with Gasteiger partial charge in [0.2, 0.25) is 5.91 Å². The zero-order valence-electron chi connectivity index (χ0n) is 14.4. The third-order valence-corrected chi connectivity index (χ3v) is 3.68. The summed E-state index contributed by atoms with van der Waals surface area (Å²) >= 11 is 0. The first kappa shape index (κ1) is 17.6. The van der Waals surface area contributed by atoms with Crippen molar-refractivity contribution < 1.29 is 9.90 Å². The second kappa shape index (κ2) is 8.22. The van der Waals surface area contributed by atoms with Gasteiger partial charge in [-0.2, -0.15) is 5.10 Å². The van der Waals surface area contributed by atoms with Crippen LogP contribution in [0.2, 0.25) is 0 Å². The Hall–Kier alpha value is -3.25. The predicted octanol–water partition coefficient (Wildman–Crippen LogP) is 2.44.